The first-order chi connectivity index (χ1) is 16.9. The fraction of sp³-hybridized carbons (Fsp3) is 0.154. The molecule has 178 valence electrons. The summed E-state index contributed by atoms with van der Waals surface area (Å²) in [7, 11) is 0. The highest BCUT2D eigenvalue weighted by molar-refractivity contribution is 6.02. The first-order valence-corrected chi connectivity index (χ1v) is 11.0. The summed E-state index contributed by atoms with van der Waals surface area (Å²) in [4.78, 5) is 38.6. The SMILES string of the molecule is O=C(/C=C/c1ccccc1)Nc1ccc(N2CCN(C(=O)c3ccc([N+](=O)[O-])cc3)CC2)c(F)c1. The molecule has 8 nitrogen and oxygen atoms in total. The molecule has 0 atom stereocenters. The summed E-state index contributed by atoms with van der Waals surface area (Å²) in [5, 5.41) is 13.4. The number of carbonyl (C=O) groups is 2. The third kappa shape index (κ3) is 5.89. The third-order valence-electron chi connectivity index (χ3n) is 5.67. The van der Waals surface area contributed by atoms with Crippen LogP contribution in [0, 0.1) is 15.9 Å². The summed E-state index contributed by atoms with van der Waals surface area (Å²) in [6, 6.07) is 19.4. The molecule has 2 amide bonds. The van der Waals surface area contributed by atoms with Crippen LogP contribution in [-0.2, 0) is 4.79 Å². The highest BCUT2D eigenvalue weighted by atomic mass is 19.1. The number of nitro groups is 1. The van der Waals surface area contributed by atoms with Crippen molar-refractivity contribution in [2.75, 3.05) is 36.4 Å². The van der Waals surface area contributed by atoms with Crippen LogP contribution in [0.2, 0.25) is 0 Å². The number of hydrogen-bond acceptors (Lipinski definition) is 5. The van der Waals surface area contributed by atoms with Crippen LogP contribution in [-0.4, -0.2) is 47.8 Å². The van der Waals surface area contributed by atoms with Gasteiger partial charge in [-0.3, -0.25) is 19.7 Å². The Morgan fingerprint density at radius 3 is 2.26 bits per heavy atom. The van der Waals surface area contributed by atoms with Crippen LogP contribution in [0.5, 0.6) is 0 Å². The Morgan fingerprint density at radius 2 is 1.63 bits per heavy atom. The molecule has 1 aliphatic heterocycles. The second kappa shape index (κ2) is 10.6. The van der Waals surface area contributed by atoms with E-state index in [0.717, 1.165) is 5.56 Å². The van der Waals surface area contributed by atoms with Gasteiger partial charge in [0.15, 0.2) is 0 Å². The first-order valence-electron chi connectivity index (χ1n) is 11.0. The summed E-state index contributed by atoms with van der Waals surface area (Å²) in [5.41, 5.74) is 1.92. The largest absolute Gasteiger partial charge is 0.366 e. The van der Waals surface area contributed by atoms with Crippen molar-refractivity contribution in [3.63, 3.8) is 0 Å². The van der Waals surface area contributed by atoms with Crippen LogP contribution in [0.3, 0.4) is 0 Å². The van der Waals surface area contributed by atoms with E-state index in [2.05, 4.69) is 5.32 Å². The molecule has 3 aromatic rings. The molecule has 1 heterocycles. The number of anilines is 2. The average molecular weight is 474 g/mol. The molecule has 1 fully saturated rings. The number of nitro benzene ring substituents is 1. The maximum atomic E-state index is 14.8. The zero-order chi connectivity index (χ0) is 24.8. The van der Waals surface area contributed by atoms with E-state index in [9.17, 15) is 24.1 Å². The minimum Gasteiger partial charge on any atom is -0.366 e. The molecule has 1 saturated heterocycles. The molecule has 4 rings (SSSR count). The molecule has 0 spiro atoms. The molecule has 35 heavy (non-hydrogen) atoms. The van der Waals surface area contributed by atoms with Gasteiger partial charge in [0.05, 0.1) is 10.6 Å². The lowest BCUT2D eigenvalue weighted by Gasteiger charge is -2.36. The minimum absolute atomic E-state index is 0.0753. The number of carbonyl (C=O) groups excluding carboxylic acids is 2. The number of nitrogens with one attached hydrogen (secondary N) is 1. The number of hydrogen-bond donors (Lipinski definition) is 1. The Kier molecular flexibility index (Phi) is 7.15. The quantitative estimate of drug-likeness (QED) is 0.326. The lowest BCUT2D eigenvalue weighted by molar-refractivity contribution is -0.384. The summed E-state index contributed by atoms with van der Waals surface area (Å²) in [5.74, 6) is -1.05. The zero-order valence-electron chi connectivity index (χ0n) is 18.8. The lowest BCUT2D eigenvalue weighted by atomic mass is 10.1. The van der Waals surface area contributed by atoms with Crippen molar-refractivity contribution in [1.29, 1.82) is 0 Å². The molecule has 9 heteroatoms. The smallest absolute Gasteiger partial charge is 0.269 e. The standard InChI is InChI=1S/C26H23FN4O4/c27-23-18-21(28-25(32)13-6-19-4-2-1-3-5-19)9-12-24(23)29-14-16-30(17-15-29)26(33)20-7-10-22(11-8-20)31(34)35/h1-13,18H,14-17H2,(H,28,32)/b13-6+. The van der Waals surface area contributed by atoms with Gasteiger partial charge in [-0.25, -0.2) is 4.39 Å². The van der Waals surface area contributed by atoms with E-state index in [1.165, 1.54) is 36.4 Å². The van der Waals surface area contributed by atoms with Crippen molar-refractivity contribution in [1.82, 2.24) is 4.90 Å². The van der Waals surface area contributed by atoms with Crippen LogP contribution in [0.15, 0.2) is 78.9 Å². The molecule has 0 radical (unpaired) electrons. The Bertz CT molecular complexity index is 1250. The highest BCUT2D eigenvalue weighted by Gasteiger charge is 2.24. The van der Waals surface area contributed by atoms with Crippen molar-refractivity contribution in [2.24, 2.45) is 0 Å². The lowest BCUT2D eigenvalue weighted by Crippen LogP contribution is -2.49. The van der Waals surface area contributed by atoms with E-state index < -0.39 is 10.7 Å². The van der Waals surface area contributed by atoms with E-state index in [4.69, 9.17) is 0 Å². The minimum atomic E-state index is -0.514. The van der Waals surface area contributed by atoms with Gasteiger partial charge < -0.3 is 15.1 Å². The van der Waals surface area contributed by atoms with Crippen LogP contribution < -0.4 is 10.2 Å². The van der Waals surface area contributed by atoms with E-state index in [1.54, 1.807) is 23.1 Å². The maximum absolute atomic E-state index is 14.8. The topological polar surface area (TPSA) is 95.8 Å². The van der Waals surface area contributed by atoms with Gasteiger partial charge in [-0.1, -0.05) is 30.3 Å². The fourth-order valence-corrected chi connectivity index (χ4v) is 3.82. The van der Waals surface area contributed by atoms with E-state index in [1.807, 2.05) is 35.2 Å². The van der Waals surface area contributed by atoms with Crippen LogP contribution in [0.4, 0.5) is 21.5 Å². The fourth-order valence-electron chi connectivity index (χ4n) is 3.82. The van der Waals surface area contributed by atoms with Crippen molar-refractivity contribution < 1.29 is 18.9 Å². The number of benzene rings is 3. The Labute approximate surface area is 201 Å². The van der Waals surface area contributed by atoms with Gasteiger partial charge in [0, 0.05) is 55.6 Å². The van der Waals surface area contributed by atoms with Gasteiger partial charge >= 0.3 is 0 Å². The molecule has 0 unspecified atom stereocenters. The van der Waals surface area contributed by atoms with Gasteiger partial charge in [0.25, 0.3) is 11.6 Å². The molecule has 0 aromatic heterocycles. The molecule has 0 bridgehead atoms. The predicted octanol–water partition coefficient (Wildman–Crippen LogP) is 4.35. The van der Waals surface area contributed by atoms with E-state index >= 15 is 0 Å². The Hall–Kier alpha value is -4.53. The Morgan fingerprint density at radius 1 is 0.943 bits per heavy atom. The number of piperazine rings is 1. The maximum Gasteiger partial charge on any atom is 0.269 e. The third-order valence-corrected chi connectivity index (χ3v) is 5.67. The van der Waals surface area contributed by atoms with Crippen LogP contribution >= 0.6 is 0 Å². The number of rotatable bonds is 6. The molecule has 1 aliphatic rings. The predicted molar refractivity (Wildman–Crippen MR) is 132 cm³/mol. The first kappa shape index (κ1) is 23.6. The molecule has 1 N–H and O–H groups in total. The molecule has 0 aliphatic carbocycles. The molecular weight excluding hydrogens is 451 g/mol. The highest BCUT2D eigenvalue weighted by Crippen LogP contribution is 2.25. The van der Waals surface area contributed by atoms with Gasteiger partial charge in [-0.15, -0.1) is 0 Å². The van der Waals surface area contributed by atoms with Crippen LogP contribution in [0.25, 0.3) is 6.08 Å². The normalized spacial score (nSPS) is 13.6. The summed E-state index contributed by atoms with van der Waals surface area (Å²) in [6.45, 7) is 1.64. The van der Waals surface area contributed by atoms with E-state index in [0.29, 0.717) is 43.1 Å². The van der Waals surface area contributed by atoms with Crippen molar-refractivity contribution in [3.8, 4) is 0 Å². The van der Waals surface area contributed by atoms with Gasteiger partial charge in [0.2, 0.25) is 5.91 Å². The second-order valence-corrected chi connectivity index (χ2v) is 7.98. The monoisotopic (exact) mass is 474 g/mol. The number of halogens is 1. The zero-order valence-corrected chi connectivity index (χ0v) is 18.8. The average Bonchev–Trinajstić information content (AvgIpc) is 2.88. The number of amides is 2. The number of non-ortho nitro benzene ring substituents is 1. The van der Waals surface area contributed by atoms with Crippen molar-refractivity contribution in [3.05, 3.63) is 106 Å². The van der Waals surface area contributed by atoms with Gasteiger partial charge in [-0.05, 0) is 42.0 Å². The molecular formula is C26H23FN4O4. The van der Waals surface area contributed by atoms with Gasteiger partial charge in [0.1, 0.15) is 5.82 Å². The Balaban J connectivity index is 1.33. The van der Waals surface area contributed by atoms with Crippen molar-refractivity contribution >= 4 is 35.0 Å². The van der Waals surface area contributed by atoms with Crippen molar-refractivity contribution in [2.45, 2.75) is 0 Å². The summed E-state index contributed by atoms with van der Waals surface area (Å²) in [6.07, 6.45) is 3.07. The number of nitrogens with zero attached hydrogens (tertiary/aromatic N) is 3. The van der Waals surface area contributed by atoms with E-state index in [-0.39, 0.29) is 17.5 Å². The van der Waals surface area contributed by atoms with Gasteiger partial charge in [-0.2, -0.15) is 0 Å². The summed E-state index contributed by atoms with van der Waals surface area (Å²) < 4.78 is 14.8. The van der Waals surface area contributed by atoms with Crippen LogP contribution in [0.1, 0.15) is 15.9 Å². The second-order valence-electron chi connectivity index (χ2n) is 7.98. The summed E-state index contributed by atoms with van der Waals surface area (Å²) >= 11 is 0. The molecule has 3 aromatic carbocycles. The molecule has 0 saturated carbocycles.